The van der Waals surface area contributed by atoms with Crippen molar-refractivity contribution >= 4 is 17.1 Å². The van der Waals surface area contributed by atoms with Crippen molar-refractivity contribution in [2.75, 3.05) is 17.6 Å². The average molecular weight is 335 g/mol. The molecular formula is C20H25N5. The van der Waals surface area contributed by atoms with Gasteiger partial charge in [0.15, 0.2) is 0 Å². The topological polar surface area (TPSA) is 71.7 Å². The van der Waals surface area contributed by atoms with Gasteiger partial charge in [0, 0.05) is 47.9 Å². The minimum absolute atomic E-state index is 0.751. The fourth-order valence-corrected chi connectivity index (χ4v) is 3.04. The molecule has 1 aromatic carbocycles. The Morgan fingerprint density at radius 3 is 2.80 bits per heavy atom. The number of nitrogens with two attached hydrogens (primary N) is 1. The van der Waals surface area contributed by atoms with Gasteiger partial charge < -0.3 is 16.0 Å². The molecule has 0 saturated heterocycles. The SMILES string of the molecule is CC.CCn1cc(C2=CCNc3[nH]ccc32)c(-c2cccc(N)c2)n1. The summed E-state index contributed by atoms with van der Waals surface area (Å²) < 4.78 is 1.98. The van der Waals surface area contributed by atoms with E-state index in [0.717, 1.165) is 41.4 Å². The molecule has 1 aliphatic heterocycles. The summed E-state index contributed by atoms with van der Waals surface area (Å²) in [6.45, 7) is 7.73. The average Bonchev–Trinajstić information content (AvgIpc) is 3.30. The Bertz CT molecular complexity index is 885. The first-order valence-corrected chi connectivity index (χ1v) is 8.82. The van der Waals surface area contributed by atoms with Crippen LogP contribution < -0.4 is 11.1 Å². The van der Waals surface area contributed by atoms with E-state index < -0.39 is 0 Å². The Kier molecular flexibility index (Phi) is 4.93. The predicted molar refractivity (Wildman–Crippen MR) is 105 cm³/mol. The van der Waals surface area contributed by atoms with Crippen LogP contribution in [0.4, 0.5) is 11.5 Å². The lowest BCUT2D eigenvalue weighted by Crippen LogP contribution is -2.07. The van der Waals surface area contributed by atoms with Crippen molar-refractivity contribution in [2.24, 2.45) is 0 Å². The largest absolute Gasteiger partial charge is 0.399 e. The highest BCUT2D eigenvalue weighted by Gasteiger charge is 2.20. The van der Waals surface area contributed by atoms with Crippen LogP contribution in [0, 0.1) is 0 Å². The maximum absolute atomic E-state index is 5.96. The van der Waals surface area contributed by atoms with E-state index in [4.69, 9.17) is 10.8 Å². The molecule has 5 nitrogen and oxygen atoms in total. The van der Waals surface area contributed by atoms with Crippen LogP contribution >= 0.6 is 0 Å². The number of aromatic nitrogens is 3. The summed E-state index contributed by atoms with van der Waals surface area (Å²) in [7, 11) is 0. The van der Waals surface area contributed by atoms with Crippen molar-refractivity contribution in [1.29, 1.82) is 0 Å². The van der Waals surface area contributed by atoms with E-state index in [1.54, 1.807) is 0 Å². The lowest BCUT2D eigenvalue weighted by Gasteiger charge is -2.16. The molecule has 5 heteroatoms. The summed E-state index contributed by atoms with van der Waals surface area (Å²) in [4.78, 5) is 3.25. The molecule has 4 rings (SSSR count). The summed E-state index contributed by atoms with van der Waals surface area (Å²) in [5.41, 5.74) is 12.2. The van der Waals surface area contributed by atoms with E-state index in [-0.39, 0.29) is 0 Å². The van der Waals surface area contributed by atoms with E-state index in [1.807, 2.05) is 42.9 Å². The second kappa shape index (κ2) is 7.30. The van der Waals surface area contributed by atoms with Crippen LogP contribution in [0.25, 0.3) is 16.8 Å². The Balaban J connectivity index is 0.000000880. The van der Waals surface area contributed by atoms with Gasteiger partial charge in [-0.2, -0.15) is 5.10 Å². The lowest BCUT2D eigenvalue weighted by atomic mass is 9.95. The van der Waals surface area contributed by atoms with Crippen molar-refractivity contribution in [3.8, 4) is 11.3 Å². The van der Waals surface area contributed by atoms with Gasteiger partial charge in [-0.1, -0.05) is 32.1 Å². The molecule has 3 heterocycles. The first kappa shape index (κ1) is 16.9. The van der Waals surface area contributed by atoms with E-state index in [2.05, 4.69) is 41.6 Å². The number of hydrogen-bond donors (Lipinski definition) is 3. The molecule has 0 bridgehead atoms. The van der Waals surface area contributed by atoms with Gasteiger partial charge >= 0.3 is 0 Å². The summed E-state index contributed by atoms with van der Waals surface area (Å²) in [5.74, 6) is 1.06. The van der Waals surface area contributed by atoms with Gasteiger partial charge in [0.1, 0.15) is 11.5 Å². The van der Waals surface area contributed by atoms with E-state index >= 15 is 0 Å². The van der Waals surface area contributed by atoms with Crippen molar-refractivity contribution in [3.63, 3.8) is 0 Å². The minimum Gasteiger partial charge on any atom is -0.399 e. The number of H-pyrrole nitrogens is 1. The molecule has 0 fully saturated rings. The first-order chi connectivity index (χ1) is 12.3. The van der Waals surface area contributed by atoms with Crippen LogP contribution in [0.1, 0.15) is 31.9 Å². The molecule has 0 radical (unpaired) electrons. The van der Waals surface area contributed by atoms with Crippen LogP contribution in [0.3, 0.4) is 0 Å². The second-order valence-electron chi connectivity index (χ2n) is 5.64. The molecule has 25 heavy (non-hydrogen) atoms. The maximum atomic E-state index is 5.96. The monoisotopic (exact) mass is 335 g/mol. The third kappa shape index (κ3) is 3.18. The third-order valence-electron chi connectivity index (χ3n) is 4.16. The van der Waals surface area contributed by atoms with Crippen molar-refractivity contribution < 1.29 is 0 Å². The van der Waals surface area contributed by atoms with Gasteiger partial charge in [0.25, 0.3) is 0 Å². The molecule has 0 spiro atoms. The van der Waals surface area contributed by atoms with Crippen LogP contribution in [0.5, 0.6) is 0 Å². The number of nitrogens with zero attached hydrogens (tertiary/aromatic N) is 2. The summed E-state index contributed by atoms with van der Waals surface area (Å²) in [6.07, 6.45) is 6.29. The van der Waals surface area contributed by atoms with Gasteiger partial charge in [0.2, 0.25) is 0 Å². The number of nitrogen functional groups attached to an aromatic ring is 1. The molecule has 3 aromatic rings. The molecule has 4 N–H and O–H groups in total. The van der Waals surface area contributed by atoms with Crippen molar-refractivity contribution in [2.45, 2.75) is 27.3 Å². The molecular weight excluding hydrogens is 310 g/mol. The Hall–Kier alpha value is -2.95. The van der Waals surface area contributed by atoms with Crippen LogP contribution in [0.15, 0.2) is 48.8 Å². The Morgan fingerprint density at radius 2 is 2.04 bits per heavy atom. The number of nitrogens with one attached hydrogen (secondary N) is 2. The number of aromatic amines is 1. The second-order valence-corrected chi connectivity index (χ2v) is 5.64. The number of aryl methyl sites for hydroxylation is 1. The Morgan fingerprint density at radius 1 is 1.20 bits per heavy atom. The zero-order chi connectivity index (χ0) is 17.8. The lowest BCUT2D eigenvalue weighted by molar-refractivity contribution is 0.662. The highest BCUT2D eigenvalue weighted by Crippen LogP contribution is 2.36. The zero-order valence-electron chi connectivity index (χ0n) is 15.0. The number of anilines is 2. The predicted octanol–water partition coefficient (Wildman–Crippen LogP) is 4.36. The van der Waals surface area contributed by atoms with Gasteiger partial charge in [-0.15, -0.1) is 0 Å². The molecule has 0 amide bonds. The van der Waals surface area contributed by atoms with E-state index in [9.17, 15) is 0 Å². The quantitative estimate of drug-likeness (QED) is 0.623. The normalized spacial score (nSPS) is 12.5. The molecule has 1 aliphatic rings. The van der Waals surface area contributed by atoms with Crippen molar-refractivity contribution in [1.82, 2.24) is 14.8 Å². The van der Waals surface area contributed by atoms with Crippen LogP contribution in [-0.2, 0) is 6.54 Å². The van der Waals surface area contributed by atoms with E-state index in [0.29, 0.717) is 0 Å². The highest BCUT2D eigenvalue weighted by molar-refractivity contribution is 5.92. The molecule has 0 saturated carbocycles. The number of rotatable bonds is 3. The van der Waals surface area contributed by atoms with E-state index in [1.165, 1.54) is 11.1 Å². The zero-order valence-corrected chi connectivity index (χ0v) is 15.0. The van der Waals surface area contributed by atoms with Crippen molar-refractivity contribution in [3.05, 3.63) is 59.9 Å². The molecule has 2 aromatic heterocycles. The van der Waals surface area contributed by atoms with Crippen LogP contribution in [-0.4, -0.2) is 21.3 Å². The third-order valence-corrected chi connectivity index (χ3v) is 4.16. The summed E-state index contributed by atoms with van der Waals surface area (Å²) in [6, 6.07) is 10.00. The molecule has 0 unspecified atom stereocenters. The van der Waals surface area contributed by atoms with Gasteiger partial charge in [0.05, 0.1) is 0 Å². The standard InChI is InChI=1S/C18H19N5.C2H6/c1-2-23-11-16(14-6-8-20-18-15(14)7-9-21-18)17(22-23)12-4-3-5-13(19)10-12;1-2/h3-7,9-11,20-21H,2,8,19H2,1H3;1-2H3. The van der Waals surface area contributed by atoms with Gasteiger partial charge in [-0.3, -0.25) is 4.68 Å². The molecule has 130 valence electrons. The molecule has 0 atom stereocenters. The minimum atomic E-state index is 0.751. The molecule has 0 aliphatic carbocycles. The van der Waals surface area contributed by atoms with Gasteiger partial charge in [-0.25, -0.2) is 0 Å². The summed E-state index contributed by atoms with van der Waals surface area (Å²) in [5, 5.41) is 8.11. The fourth-order valence-electron chi connectivity index (χ4n) is 3.04. The first-order valence-electron chi connectivity index (χ1n) is 8.82. The number of benzene rings is 1. The highest BCUT2D eigenvalue weighted by atomic mass is 15.3. The van der Waals surface area contributed by atoms with Crippen LogP contribution in [0.2, 0.25) is 0 Å². The maximum Gasteiger partial charge on any atom is 0.111 e. The Labute approximate surface area is 148 Å². The fraction of sp³-hybridized carbons (Fsp3) is 0.250. The summed E-state index contributed by atoms with van der Waals surface area (Å²) >= 11 is 0. The number of fused-ring (bicyclic) bond motifs is 1. The number of hydrogen-bond acceptors (Lipinski definition) is 3. The van der Waals surface area contributed by atoms with Gasteiger partial charge in [-0.05, 0) is 30.7 Å². The smallest absolute Gasteiger partial charge is 0.111 e.